The Morgan fingerprint density at radius 1 is 0.545 bits per heavy atom. The van der Waals surface area contributed by atoms with Crippen molar-refractivity contribution >= 4 is 10.0 Å². The van der Waals surface area contributed by atoms with E-state index >= 15 is 0 Å². The highest BCUT2D eigenvalue weighted by Crippen LogP contribution is 2.66. The van der Waals surface area contributed by atoms with E-state index in [0.29, 0.717) is 0 Å². The van der Waals surface area contributed by atoms with Gasteiger partial charge in [-0.05, 0) is 0 Å². The summed E-state index contributed by atoms with van der Waals surface area (Å²) in [6.45, 7) is -1.08. The van der Waals surface area contributed by atoms with Crippen LogP contribution in [0.3, 0.4) is 0 Å². The smallest absolute Gasteiger partial charge is 0.217 e. The summed E-state index contributed by atoms with van der Waals surface area (Å²) >= 11 is 0. The molecule has 0 aromatic heterocycles. The number of hydroxylamine groups is 3. The molecule has 44 heavy (non-hydrogen) atoms. The Morgan fingerprint density at radius 3 is 1.14 bits per heavy atom. The van der Waals surface area contributed by atoms with E-state index in [1.54, 1.807) is 0 Å². The third-order valence-corrected chi connectivity index (χ3v) is 6.85. The zero-order valence-electron chi connectivity index (χ0n) is 21.1. The zero-order valence-corrected chi connectivity index (χ0v) is 21.9. The number of nitrogens with one attached hydrogen (secondary N) is 1. The van der Waals surface area contributed by atoms with Crippen molar-refractivity contribution < 1.29 is 110 Å². The summed E-state index contributed by atoms with van der Waals surface area (Å²) in [5.41, 5.74) is 0. The van der Waals surface area contributed by atoms with E-state index in [1.807, 2.05) is 0 Å². The fraction of sp³-hybridized carbons (Fsp3) is 1.00. The fourth-order valence-corrected chi connectivity index (χ4v) is 3.90. The molecule has 0 aliphatic heterocycles. The monoisotopic (exact) mass is 729 g/mol. The molecule has 0 atom stereocenters. The van der Waals surface area contributed by atoms with Crippen LogP contribution in [0, 0.1) is 0 Å². The summed E-state index contributed by atoms with van der Waals surface area (Å²) in [4.78, 5) is 0. The van der Waals surface area contributed by atoms with Gasteiger partial charge in [0.05, 0.1) is 19.8 Å². The quantitative estimate of drug-likeness (QED) is 0.0834. The van der Waals surface area contributed by atoms with Gasteiger partial charge in [-0.15, -0.1) is 0 Å². The van der Waals surface area contributed by atoms with Crippen LogP contribution >= 0.6 is 0 Å². The summed E-state index contributed by atoms with van der Waals surface area (Å²) < 4.78 is 304. The Kier molecular flexibility index (Phi) is 11.1. The maximum Gasteiger partial charge on any atom is 0.460 e. The van der Waals surface area contributed by atoms with Gasteiger partial charge in [0.1, 0.15) is 6.54 Å². The summed E-state index contributed by atoms with van der Waals surface area (Å²) in [5.74, 6) is -80.7. The molecule has 0 rings (SSSR count). The summed E-state index contributed by atoms with van der Waals surface area (Å²) in [7, 11) is -3.04. The lowest BCUT2D eigenvalue weighted by Crippen LogP contribution is -2.76. The van der Waals surface area contributed by atoms with Crippen molar-refractivity contribution in [2.75, 3.05) is 32.9 Å². The molecule has 5 nitrogen and oxygen atoms in total. The van der Waals surface area contributed by atoms with Crippen LogP contribution in [0.25, 0.3) is 0 Å². The van der Waals surface area contributed by atoms with Crippen molar-refractivity contribution in [3.63, 3.8) is 0 Å². The number of quaternary nitrogens is 1. The average molecular weight is 729 g/mol. The Morgan fingerprint density at radius 2 is 0.841 bits per heavy atom. The van der Waals surface area contributed by atoms with Crippen LogP contribution in [-0.4, -0.2) is 111 Å². The Labute approximate surface area is 231 Å². The molecule has 0 radical (unpaired) electrons. The van der Waals surface area contributed by atoms with Crippen LogP contribution in [-0.2, 0) is 10.0 Å². The van der Waals surface area contributed by atoms with Gasteiger partial charge in [0.25, 0.3) is 0 Å². The van der Waals surface area contributed by atoms with Gasteiger partial charge in [0, 0.05) is 19.4 Å². The molecule has 0 aromatic carbocycles. The first-order chi connectivity index (χ1) is 18.7. The SMILES string of the molecule is C[N+](C)(O)CCCNS(=O)(=O)CCC(F)(F)C(F)(F)C(F)(F)C(F)(F)C(F)(F)C(F)(F)C(F)(F)C(F)(F)C(F)(F)C(F)(F)F. The molecule has 0 aliphatic carbocycles. The lowest BCUT2D eigenvalue weighted by Gasteiger charge is -2.44. The molecule has 2 N–H and O–H groups in total. The summed E-state index contributed by atoms with van der Waals surface area (Å²) in [6, 6.07) is 0. The van der Waals surface area contributed by atoms with E-state index in [2.05, 4.69) is 0 Å². The highest BCUT2D eigenvalue weighted by molar-refractivity contribution is 7.89. The number of rotatable bonds is 16. The first-order valence-electron chi connectivity index (χ1n) is 10.7. The molecule has 0 saturated carbocycles. The molecule has 0 aliphatic rings. The van der Waals surface area contributed by atoms with Crippen molar-refractivity contribution in [2.45, 2.75) is 72.3 Å². The van der Waals surface area contributed by atoms with E-state index in [0.717, 1.165) is 14.1 Å². The molecular formula is C17H18F21N2O3S+. The van der Waals surface area contributed by atoms with Crippen LogP contribution in [0.4, 0.5) is 92.2 Å². The molecular weight excluding hydrogens is 711 g/mol. The molecule has 0 heterocycles. The van der Waals surface area contributed by atoms with E-state index < -0.39 is 92.9 Å². The molecule has 266 valence electrons. The first-order valence-corrected chi connectivity index (χ1v) is 12.3. The van der Waals surface area contributed by atoms with E-state index in [-0.39, 0.29) is 13.0 Å². The maximum absolute atomic E-state index is 13.9. The number of hydrogen-bond acceptors (Lipinski definition) is 3. The second kappa shape index (κ2) is 11.6. The highest BCUT2D eigenvalue weighted by atomic mass is 32.2. The van der Waals surface area contributed by atoms with Crippen LogP contribution in [0.15, 0.2) is 0 Å². The first kappa shape index (κ1) is 42.4. The predicted octanol–water partition coefficient (Wildman–Crippen LogP) is 6.43. The standard InChI is InChI=1S/C17H18F21N2O3S/c1-40(2,41)6-3-5-39-44(42,43)7-4-8(18,19)9(20,21)10(22,23)11(24,25)12(26,27)13(28,29)14(30,31)15(32,33)16(34,35)17(36,37)38/h39,41H,3-7H2,1-2H3/q+1. The van der Waals surface area contributed by atoms with E-state index in [9.17, 15) is 106 Å². The van der Waals surface area contributed by atoms with Gasteiger partial charge in [0.15, 0.2) is 0 Å². The highest BCUT2D eigenvalue weighted by Gasteiger charge is 2.97. The van der Waals surface area contributed by atoms with Crippen LogP contribution in [0.2, 0.25) is 0 Å². The third-order valence-electron chi connectivity index (χ3n) is 5.46. The molecule has 0 bridgehead atoms. The molecule has 0 unspecified atom stereocenters. The molecule has 0 amide bonds. The number of sulfonamides is 1. The molecule has 0 aromatic rings. The maximum atomic E-state index is 13.9. The average Bonchev–Trinajstić information content (AvgIpc) is 2.78. The second-order valence-corrected chi connectivity index (χ2v) is 11.4. The van der Waals surface area contributed by atoms with Crippen molar-refractivity contribution in [3.05, 3.63) is 0 Å². The summed E-state index contributed by atoms with van der Waals surface area (Å²) in [5, 5.41) is 9.34. The normalized spacial score (nSPS) is 16.5. The Hall–Kier alpha value is -1.64. The summed E-state index contributed by atoms with van der Waals surface area (Å²) in [6.07, 6.45) is -11.7. The number of halogens is 21. The third kappa shape index (κ3) is 6.88. The van der Waals surface area contributed by atoms with Gasteiger partial charge in [-0.1, -0.05) is 0 Å². The largest absolute Gasteiger partial charge is 0.460 e. The van der Waals surface area contributed by atoms with Gasteiger partial charge in [0.2, 0.25) is 10.0 Å². The lowest BCUT2D eigenvalue weighted by atomic mass is 9.86. The zero-order chi connectivity index (χ0) is 36.2. The van der Waals surface area contributed by atoms with Gasteiger partial charge in [-0.3, -0.25) is 0 Å². The second-order valence-electron chi connectivity index (χ2n) is 9.46. The minimum Gasteiger partial charge on any atom is -0.217 e. The molecule has 0 saturated heterocycles. The minimum absolute atomic E-state index is 0.282. The lowest BCUT2D eigenvalue weighted by molar-refractivity contribution is -1.07. The number of nitrogens with zero attached hydrogens (tertiary/aromatic N) is 1. The molecule has 0 spiro atoms. The van der Waals surface area contributed by atoms with Crippen molar-refractivity contribution in [1.82, 2.24) is 4.72 Å². The van der Waals surface area contributed by atoms with E-state index in [4.69, 9.17) is 0 Å². The molecule has 0 fully saturated rings. The molecule has 27 heteroatoms. The van der Waals surface area contributed by atoms with Crippen molar-refractivity contribution in [3.8, 4) is 0 Å². The van der Waals surface area contributed by atoms with Gasteiger partial charge < -0.3 is 0 Å². The predicted molar refractivity (Wildman–Crippen MR) is 100 cm³/mol. The Bertz CT molecular complexity index is 1110. The number of hydrogen-bond donors (Lipinski definition) is 2. The van der Waals surface area contributed by atoms with E-state index in [1.165, 1.54) is 4.72 Å². The minimum atomic E-state index is -9.27. The number of alkyl halides is 21. The van der Waals surface area contributed by atoms with Crippen molar-refractivity contribution in [1.29, 1.82) is 0 Å². The van der Waals surface area contributed by atoms with Crippen LogP contribution < -0.4 is 4.72 Å². The van der Waals surface area contributed by atoms with Gasteiger partial charge in [-0.25, -0.2) is 18.3 Å². The van der Waals surface area contributed by atoms with Crippen LogP contribution in [0.5, 0.6) is 0 Å². The topological polar surface area (TPSA) is 66.4 Å². The van der Waals surface area contributed by atoms with Crippen molar-refractivity contribution in [2.24, 2.45) is 0 Å². The van der Waals surface area contributed by atoms with Gasteiger partial charge >= 0.3 is 59.5 Å². The fourth-order valence-electron chi connectivity index (χ4n) is 2.78. The Balaban J connectivity index is 6.55. The van der Waals surface area contributed by atoms with Gasteiger partial charge in [-0.2, -0.15) is 96.8 Å². The van der Waals surface area contributed by atoms with Crippen LogP contribution in [0.1, 0.15) is 12.8 Å².